The molecule has 0 unspecified atom stereocenters. The molecule has 4 rings (SSSR count). The van der Waals surface area contributed by atoms with E-state index in [-0.39, 0.29) is 22.0 Å². The van der Waals surface area contributed by atoms with E-state index >= 15 is 0 Å². The minimum absolute atomic E-state index is 0.0351. The lowest BCUT2D eigenvalue weighted by molar-refractivity contribution is -0.110. The van der Waals surface area contributed by atoms with Crippen LogP contribution in [0.2, 0.25) is 0 Å². The van der Waals surface area contributed by atoms with Crippen molar-refractivity contribution in [3.8, 4) is 0 Å². The maximum absolute atomic E-state index is 12.8. The maximum Gasteiger partial charge on any atom is 0.279 e. The fraction of sp³-hybridized carbons (Fsp3) is 0.421. The van der Waals surface area contributed by atoms with Crippen LogP contribution in [0.5, 0.6) is 0 Å². The van der Waals surface area contributed by atoms with Gasteiger partial charge in [0.2, 0.25) is 0 Å². The van der Waals surface area contributed by atoms with E-state index in [1.807, 2.05) is 6.92 Å². The van der Waals surface area contributed by atoms with Gasteiger partial charge in [0, 0.05) is 23.7 Å². The number of sulfone groups is 1. The Kier molecular flexibility index (Phi) is 5.37. The number of oxime groups is 1. The minimum Gasteiger partial charge on any atom is -0.389 e. The van der Waals surface area contributed by atoms with Gasteiger partial charge in [-0.1, -0.05) is 17.3 Å². The molecule has 2 fully saturated rings. The SMILES string of the molecule is Cc1cc(NC(=O)/C(=N/O[C@@H]2CCOC2)c2ccc(S(=O)(=O)C3CC3)cc2)n[nH]1. The summed E-state index contributed by atoms with van der Waals surface area (Å²) in [6.45, 7) is 2.82. The van der Waals surface area contributed by atoms with Crippen LogP contribution in [0.4, 0.5) is 5.82 Å². The zero-order chi connectivity index (χ0) is 20.4. The summed E-state index contributed by atoms with van der Waals surface area (Å²) in [6, 6.07) is 7.83. The molecule has 1 aliphatic carbocycles. The lowest BCUT2D eigenvalue weighted by atomic mass is 10.1. The van der Waals surface area contributed by atoms with Crippen molar-refractivity contribution in [1.82, 2.24) is 10.2 Å². The van der Waals surface area contributed by atoms with Crippen LogP contribution in [0, 0.1) is 6.92 Å². The standard InChI is InChI=1S/C19H22N4O5S/c1-12-10-17(22-21-12)20-19(24)18(23-28-14-8-9-27-11-14)13-2-4-15(5-3-13)29(25,26)16-6-7-16/h2-5,10,14,16H,6-9,11H2,1H3,(H2,20,21,22,24)/b23-18+/t14-/m1/s1. The molecule has 1 saturated heterocycles. The van der Waals surface area contributed by atoms with Crippen LogP contribution in [-0.2, 0) is 24.2 Å². The van der Waals surface area contributed by atoms with Crippen LogP contribution in [0.15, 0.2) is 40.4 Å². The van der Waals surface area contributed by atoms with Crippen LogP contribution in [0.3, 0.4) is 0 Å². The summed E-state index contributed by atoms with van der Waals surface area (Å²) in [5.41, 5.74) is 1.28. The summed E-state index contributed by atoms with van der Waals surface area (Å²) in [5, 5.41) is 13.2. The average molecular weight is 418 g/mol. The molecule has 1 aliphatic heterocycles. The Morgan fingerprint density at radius 1 is 1.28 bits per heavy atom. The first-order chi connectivity index (χ1) is 13.9. The van der Waals surface area contributed by atoms with Gasteiger partial charge in [-0.15, -0.1) is 0 Å². The number of H-pyrrole nitrogens is 1. The number of hydrogen-bond acceptors (Lipinski definition) is 7. The monoisotopic (exact) mass is 418 g/mol. The van der Waals surface area contributed by atoms with E-state index < -0.39 is 15.7 Å². The van der Waals surface area contributed by atoms with Crippen molar-refractivity contribution in [2.45, 2.75) is 42.4 Å². The van der Waals surface area contributed by atoms with Gasteiger partial charge in [-0.25, -0.2) is 8.42 Å². The fourth-order valence-electron chi connectivity index (χ4n) is 2.98. The first-order valence-corrected chi connectivity index (χ1v) is 11.0. The van der Waals surface area contributed by atoms with Gasteiger partial charge in [0.25, 0.3) is 5.91 Å². The number of aromatic nitrogens is 2. The summed E-state index contributed by atoms with van der Waals surface area (Å²) in [6.07, 6.45) is 1.86. The molecular weight excluding hydrogens is 396 g/mol. The summed E-state index contributed by atoms with van der Waals surface area (Å²) in [7, 11) is -3.30. The van der Waals surface area contributed by atoms with Gasteiger partial charge in [0.15, 0.2) is 27.5 Å². The second kappa shape index (κ2) is 7.96. The highest BCUT2D eigenvalue weighted by molar-refractivity contribution is 7.92. The first kappa shape index (κ1) is 19.6. The van der Waals surface area contributed by atoms with Crippen molar-refractivity contribution >= 4 is 27.3 Å². The fourth-order valence-corrected chi connectivity index (χ4v) is 4.64. The van der Waals surface area contributed by atoms with E-state index in [0.717, 1.165) is 5.69 Å². The number of aryl methyl sites for hydroxylation is 1. The predicted molar refractivity (Wildman–Crippen MR) is 105 cm³/mol. The molecule has 2 aliphatic rings. The third-order valence-corrected chi connectivity index (χ3v) is 7.04. The van der Waals surface area contributed by atoms with Gasteiger partial charge in [0.05, 0.1) is 23.4 Å². The lowest BCUT2D eigenvalue weighted by Gasteiger charge is -2.10. The lowest BCUT2D eigenvalue weighted by Crippen LogP contribution is -2.25. The quantitative estimate of drug-likeness (QED) is 0.522. The number of rotatable bonds is 7. The van der Waals surface area contributed by atoms with Crippen LogP contribution >= 0.6 is 0 Å². The number of nitrogens with zero attached hydrogens (tertiary/aromatic N) is 2. The van der Waals surface area contributed by atoms with Crippen molar-refractivity contribution in [1.29, 1.82) is 0 Å². The summed E-state index contributed by atoms with van der Waals surface area (Å²) < 4.78 is 30.0. The Labute approximate surface area is 168 Å². The number of hydrogen-bond donors (Lipinski definition) is 2. The Balaban J connectivity index is 1.58. The zero-order valence-corrected chi connectivity index (χ0v) is 16.7. The van der Waals surface area contributed by atoms with E-state index in [4.69, 9.17) is 9.57 Å². The molecule has 2 aromatic rings. The van der Waals surface area contributed by atoms with Gasteiger partial charge in [-0.3, -0.25) is 9.89 Å². The third kappa shape index (κ3) is 4.48. The first-order valence-electron chi connectivity index (χ1n) is 9.43. The Bertz CT molecular complexity index is 1020. The number of amides is 1. The number of ether oxygens (including phenoxy) is 1. The highest BCUT2D eigenvalue weighted by Gasteiger charge is 2.36. The minimum atomic E-state index is -3.30. The molecule has 2 N–H and O–H groups in total. The van der Waals surface area contributed by atoms with Gasteiger partial charge in [-0.2, -0.15) is 5.10 Å². The van der Waals surface area contributed by atoms with Gasteiger partial charge in [0.1, 0.15) is 0 Å². The van der Waals surface area contributed by atoms with E-state index in [2.05, 4.69) is 20.7 Å². The Hall–Kier alpha value is -2.72. The zero-order valence-electron chi connectivity index (χ0n) is 15.9. The second-order valence-corrected chi connectivity index (χ2v) is 9.42. The smallest absolute Gasteiger partial charge is 0.279 e. The molecule has 2 heterocycles. The van der Waals surface area contributed by atoms with Crippen molar-refractivity contribution < 1.29 is 22.8 Å². The molecule has 0 radical (unpaired) electrons. The molecule has 1 saturated carbocycles. The Morgan fingerprint density at radius 3 is 2.62 bits per heavy atom. The molecule has 1 atom stereocenters. The molecule has 10 heteroatoms. The molecule has 1 aromatic carbocycles. The molecule has 1 amide bonds. The van der Waals surface area contributed by atoms with Crippen molar-refractivity contribution in [3.05, 3.63) is 41.6 Å². The molecule has 0 bridgehead atoms. The number of aromatic amines is 1. The maximum atomic E-state index is 12.8. The van der Waals surface area contributed by atoms with Crippen LogP contribution in [-0.4, -0.2) is 54.8 Å². The topological polar surface area (TPSA) is 123 Å². The van der Waals surface area contributed by atoms with Crippen molar-refractivity contribution in [2.24, 2.45) is 5.16 Å². The van der Waals surface area contributed by atoms with Gasteiger partial charge in [-0.05, 0) is 31.9 Å². The summed E-state index contributed by atoms with van der Waals surface area (Å²) in [4.78, 5) is 18.5. The van der Waals surface area contributed by atoms with Crippen LogP contribution in [0.1, 0.15) is 30.5 Å². The highest BCUT2D eigenvalue weighted by Crippen LogP contribution is 2.33. The summed E-state index contributed by atoms with van der Waals surface area (Å²) >= 11 is 0. The normalized spacial score (nSPS) is 19.9. The van der Waals surface area contributed by atoms with Crippen molar-refractivity contribution in [2.75, 3.05) is 18.5 Å². The van der Waals surface area contributed by atoms with Crippen LogP contribution in [0.25, 0.3) is 0 Å². The molecule has 154 valence electrons. The number of benzene rings is 1. The van der Waals surface area contributed by atoms with Crippen LogP contribution < -0.4 is 5.32 Å². The van der Waals surface area contributed by atoms with Gasteiger partial charge >= 0.3 is 0 Å². The largest absolute Gasteiger partial charge is 0.389 e. The van der Waals surface area contributed by atoms with E-state index in [0.29, 0.717) is 43.9 Å². The summed E-state index contributed by atoms with van der Waals surface area (Å²) in [5.74, 6) is -0.148. The second-order valence-electron chi connectivity index (χ2n) is 7.19. The van der Waals surface area contributed by atoms with Gasteiger partial charge < -0.3 is 14.9 Å². The predicted octanol–water partition coefficient (Wildman–Crippen LogP) is 1.80. The molecule has 0 spiro atoms. The molecular formula is C19H22N4O5S. The van der Waals surface area contributed by atoms with E-state index in [9.17, 15) is 13.2 Å². The van der Waals surface area contributed by atoms with E-state index in [1.165, 1.54) is 12.1 Å². The van der Waals surface area contributed by atoms with Crippen molar-refractivity contribution in [3.63, 3.8) is 0 Å². The number of carbonyl (C=O) groups excluding carboxylic acids is 1. The Morgan fingerprint density at radius 2 is 2.03 bits per heavy atom. The molecule has 9 nitrogen and oxygen atoms in total. The molecule has 29 heavy (non-hydrogen) atoms. The number of nitrogens with one attached hydrogen (secondary N) is 2. The third-order valence-electron chi connectivity index (χ3n) is 4.76. The highest BCUT2D eigenvalue weighted by atomic mass is 32.2. The molecule has 1 aromatic heterocycles. The van der Waals surface area contributed by atoms with E-state index in [1.54, 1.807) is 18.2 Å². The number of carbonyl (C=O) groups is 1. The average Bonchev–Trinajstić information content (AvgIpc) is 3.31. The number of anilines is 1.